The summed E-state index contributed by atoms with van der Waals surface area (Å²) < 4.78 is 63.7. The number of nitrogens with one attached hydrogen (secondary N) is 2. The monoisotopic (exact) mass is 480 g/mol. The summed E-state index contributed by atoms with van der Waals surface area (Å²) in [7, 11) is -3.64. The molecule has 176 valence electrons. The first-order valence-corrected chi connectivity index (χ1v) is 12.3. The fourth-order valence-corrected chi connectivity index (χ4v) is 4.14. The Morgan fingerprint density at radius 1 is 1.24 bits per heavy atom. The van der Waals surface area contributed by atoms with Crippen molar-refractivity contribution in [3.63, 3.8) is 0 Å². The minimum atomic E-state index is -4.34. The zero-order valence-corrected chi connectivity index (χ0v) is 18.8. The van der Waals surface area contributed by atoms with Crippen LogP contribution in [0.4, 0.5) is 18.9 Å². The van der Waals surface area contributed by atoms with Gasteiger partial charge in [-0.05, 0) is 43.5 Å². The van der Waals surface area contributed by atoms with Crippen LogP contribution in [0.25, 0.3) is 16.9 Å². The van der Waals surface area contributed by atoms with E-state index in [1.165, 1.54) is 22.9 Å². The molecule has 1 fully saturated rings. The van der Waals surface area contributed by atoms with E-state index in [-0.39, 0.29) is 22.5 Å². The van der Waals surface area contributed by atoms with Gasteiger partial charge in [0, 0.05) is 36.2 Å². The molecule has 33 heavy (non-hydrogen) atoms. The number of anilines is 1. The lowest BCUT2D eigenvalue weighted by molar-refractivity contribution is -0.131. The molecular formula is C22H23F3N4O3S. The average Bonchev–Trinajstić information content (AvgIpc) is 3.41. The van der Waals surface area contributed by atoms with Crippen molar-refractivity contribution in [2.24, 2.45) is 0 Å². The van der Waals surface area contributed by atoms with Crippen LogP contribution in [0.1, 0.15) is 35.2 Å². The number of imidazole rings is 1. The van der Waals surface area contributed by atoms with Gasteiger partial charge in [0.1, 0.15) is 0 Å². The number of carbonyl (C=O) groups excluding carboxylic acids is 1. The minimum Gasteiger partial charge on any atom is -0.382 e. The van der Waals surface area contributed by atoms with Gasteiger partial charge in [0.25, 0.3) is 5.91 Å². The van der Waals surface area contributed by atoms with Crippen LogP contribution < -0.4 is 10.6 Å². The molecule has 4 rings (SSSR count). The third kappa shape index (κ3) is 5.29. The summed E-state index contributed by atoms with van der Waals surface area (Å²) >= 11 is 0. The second-order valence-corrected chi connectivity index (χ2v) is 10.3. The second kappa shape index (κ2) is 8.36. The Labute approximate surface area is 188 Å². The summed E-state index contributed by atoms with van der Waals surface area (Å²) in [6, 6.07) is 6.75. The highest BCUT2D eigenvalue weighted by molar-refractivity contribution is 7.90. The van der Waals surface area contributed by atoms with Crippen LogP contribution in [-0.4, -0.2) is 48.7 Å². The van der Waals surface area contributed by atoms with Crippen molar-refractivity contribution < 1.29 is 26.4 Å². The van der Waals surface area contributed by atoms with Crippen molar-refractivity contribution >= 4 is 27.1 Å². The normalized spacial score (nSPS) is 14.5. The van der Waals surface area contributed by atoms with Crippen LogP contribution in [0.15, 0.2) is 41.6 Å². The van der Waals surface area contributed by atoms with Crippen molar-refractivity contribution in [1.82, 2.24) is 14.7 Å². The van der Waals surface area contributed by atoms with Crippen molar-refractivity contribution in [1.29, 1.82) is 0 Å². The van der Waals surface area contributed by atoms with Crippen molar-refractivity contribution in [3.8, 4) is 11.3 Å². The molecule has 1 aliphatic rings. The molecule has 1 saturated carbocycles. The number of benzene rings is 1. The molecule has 1 amide bonds. The first kappa shape index (κ1) is 23.1. The van der Waals surface area contributed by atoms with Crippen molar-refractivity contribution in [2.45, 2.75) is 43.3 Å². The van der Waals surface area contributed by atoms with E-state index in [4.69, 9.17) is 0 Å². The molecule has 1 aliphatic carbocycles. The molecular weight excluding hydrogens is 457 g/mol. The van der Waals surface area contributed by atoms with E-state index < -0.39 is 29.0 Å². The Bertz CT molecular complexity index is 1330. The molecule has 0 bridgehead atoms. The van der Waals surface area contributed by atoms with E-state index in [2.05, 4.69) is 15.6 Å². The van der Waals surface area contributed by atoms with Crippen LogP contribution in [0, 0.1) is 6.92 Å². The summed E-state index contributed by atoms with van der Waals surface area (Å²) in [4.78, 5) is 16.7. The SMILES string of the molecule is Cc1cc(-c2cnc3c(NCCC(F)(F)F)cc(S(C)(=O)=O)cn23)ccc1C(=O)NC1CC1. The molecule has 2 N–H and O–H groups in total. The topological polar surface area (TPSA) is 92.6 Å². The van der Waals surface area contributed by atoms with Crippen molar-refractivity contribution in [3.05, 3.63) is 47.8 Å². The number of nitrogens with zero attached hydrogens (tertiary/aromatic N) is 2. The zero-order chi connectivity index (χ0) is 24.0. The van der Waals surface area contributed by atoms with Crippen LogP contribution in [0.2, 0.25) is 0 Å². The van der Waals surface area contributed by atoms with E-state index >= 15 is 0 Å². The Morgan fingerprint density at radius 3 is 2.58 bits per heavy atom. The lowest BCUT2D eigenvalue weighted by Crippen LogP contribution is -2.26. The number of sulfone groups is 1. The number of carbonyl (C=O) groups is 1. The molecule has 0 radical (unpaired) electrons. The fourth-order valence-electron chi connectivity index (χ4n) is 3.52. The summed E-state index contributed by atoms with van der Waals surface area (Å²) in [5.74, 6) is -0.143. The number of rotatable bonds is 7. The van der Waals surface area contributed by atoms with Gasteiger partial charge < -0.3 is 10.6 Å². The third-order valence-corrected chi connectivity index (χ3v) is 6.49. The fraction of sp³-hybridized carbons (Fsp3) is 0.364. The Morgan fingerprint density at radius 2 is 1.97 bits per heavy atom. The Kier molecular flexibility index (Phi) is 5.85. The maximum atomic E-state index is 12.6. The first-order chi connectivity index (χ1) is 15.4. The smallest absolute Gasteiger partial charge is 0.382 e. The molecule has 2 heterocycles. The predicted molar refractivity (Wildman–Crippen MR) is 118 cm³/mol. The van der Waals surface area contributed by atoms with Crippen LogP contribution in [0.3, 0.4) is 0 Å². The number of hydrogen-bond acceptors (Lipinski definition) is 5. The van der Waals surface area contributed by atoms with Gasteiger partial charge >= 0.3 is 6.18 Å². The maximum Gasteiger partial charge on any atom is 0.390 e. The number of halogens is 3. The zero-order valence-electron chi connectivity index (χ0n) is 18.0. The van der Waals surface area contributed by atoms with Gasteiger partial charge in [-0.3, -0.25) is 9.20 Å². The highest BCUT2D eigenvalue weighted by atomic mass is 32.2. The Hall–Kier alpha value is -3.08. The molecule has 1 aromatic carbocycles. The molecule has 0 unspecified atom stereocenters. The highest BCUT2D eigenvalue weighted by Gasteiger charge is 2.27. The highest BCUT2D eigenvalue weighted by Crippen LogP contribution is 2.30. The number of aromatic nitrogens is 2. The van der Waals surface area contributed by atoms with Gasteiger partial charge in [-0.1, -0.05) is 6.07 Å². The van der Waals surface area contributed by atoms with E-state index in [9.17, 15) is 26.4 Å². The minimum absolute atomic E-state index is 0.0547. The molecule has 0 saturated heterocycles. The van der Waals surface area contributed by atoms with Gasteiger partial charge in [0.2, 0.25) is 0 Å². The van der Waals surface area contributed by atoms with Gasteiger partial charge in [0.15, 0.2) is 15.5 Å². The molecule has 0 aliphatic heterocycles. The van der Waals surface area contributed by atoms with Crippen molar-refractivity contribution in [2.75, 3.05) is 18.1 Å². The molecule has 0 spiro atoms. The molecule has 7 nitrogen and oxygen atoms in total. The van der Waals surface area contributed by atoms with Gasteiger partial charge in [0.05, 0.1) is 28.9 Å². The van der Waals surface area contributed by atoms with E-state index in [0.29, 0.717) is 22.5 Å². The average molecular weight is 481 g/mol. The van der Waals surface area contributed by atoms with Gasteiger partial charge in [-0.25, -0.2) is 13.4 Å². The quantitative estimate of drug-likeness (QED) is 0.534. The number of pyridine rings is 1. The lowest BCUT2D eigenvalue weighted by Gasteiger charge is -2.13. The van der Waals surface area contributed by atoms with Crippen LogP contribution >= 0.6 is 0 Å². The molecule has 11 heteroatoms. The second-order valence-electron chi connectivity index (χ2n) is 8.27. The number of amides is 1. The predicted octanol–water partition coefficient (Wildman–Crippen LogP) is 3.97. The summed E-state index contributed by atoms with van der Waals surface area (Å²) in [6.45, 7) is 1.39. The standard InChI is InChI=1S/C22H23F3N4O3S/c1-13-9-14(3-6-17(13)21(30)28-15-4-5-15)19-11-27-20-18(26-8-7-22(23,24)25)10-16(12-29(19)20)33(2,31)32/h3,6,9-12,15,26H,4-5,7-8H2,1-2H3,(H,28,30). The number of fused-ring (bicyclic) bond motifs is 1. The molecule has 0 atom stereocenters. The molecule has 2 aromatic heterocycles. The number of aryl methyl sites for hydroxylation is 1. The summed E-state index contributed by atoms with van der Waals surface area (Å²) in [5.41, 5.74) is 3.01. The van der Waals surface area contributed by atoms with Crippen LogP contribution in [-0.2, 0) is 9.84 Å². The van der Waals surface area contributed by atoms with Crippen LogP contribution in [0.5, 0.6) is 0 Å². The number of hydrogen-bond donors (Lipinski definition) is 2. The third-order valence-electron chi connectivity index (χ3n) is 5.41. The number of alkyl halides is 3. The van der Waals surface area contributed by atoms with Gasteiger partial charge in [-0.15, -0.1) is 0 Å². The first-order valence-electron chi connectivity index (χ1n) is 10.4. The largest absolute Gasteiger partial charge is 0.390 e. The lowest BCUT2D eigenvalue weighted by atomic mass is 10.0. The van der Waals surface area contributed by atoms with E-state index in [0.717, 1.165) is 24.7 Å². The van der Waals surface area contributed by atoms with E-state index in [1.54, 1.807) is 25.1 Å². The van der Waals surface area contributed by atoms with E-state index in [1.807, 2.05) is 0 Å². The maximum absolute atomic E-state index is 12.6. The molecule has 3 aromatic rings. The summed E-state index contributed by atoms with van der Waals surface area (Å²) in [5, 5.41) is 5.61. The summed E-state index contributed by atoms with van der Waals surface area (Å²) in [6.07, 6.45) is 0.490. The van der Waals surface area contributed by atoms with Gasteiger partial charge in [-0.2, -0.15) is 13.2 Å². The Balaban J connectivity index is 1.73.